The third-order valence-electron chi connectivity index (χ3n) is 2.49. The zero-order valence-electron chi connectivity index (χ0n) is 10.6. The molecule has 6 nitrogen and oxygen atoms in total. The molecule has 0 spiro atoms. The van der Waals surface area contributed by atoms with Gasteiger partial charge in [0.2, 0.25) is 5.96 Å². The molecule has 19 heavy (non-hydrogen) atoms. The summed E-state index contributed by atoms with van der Waals surface area (Å²) >= 11 is 0. The van der Waals surface area contributed by atoms with Gasteiger partial charge in [-0.1, -0.05) is 6.07 Å². The average molecular weight is 278 g/mol. The summed E-state index contributed by atoms with van der Waals surface area (Å²) in [7, 11) is -3.69. The molecular formula is C12H14N4O2S. The van der Waals surface area contributed by atoms with Gasteiger partial charge in [-0.15, -0.1) is 4.40 Å². The predicted octanol–water partition coefficient (Wildman–Crippen LogP) is 1.22. The third-order valence-corrected chi connectivity index (χ3v) is 3.83. The van der Waals surface area contributed by atoms with Crippen LogP contribution < -0.4 is 10.6 Å². The van der Waals surface area contributed by atoms with E-state index in [2.05, 4.69) is 15.0 Å². The summed E-state index contributed by atoms with van der Waals surface area (Å²) in [5, 5.41) is 14.5. The summed E-state index contributed by atoms with van der Waals surface area (Å²) < 4.78 is 27.7. The minimum absolute atomic E-state index is 0.0605. The molecule has 2 rings (SSSR count). The van der Waals surface area contributed by atoms with Gasteiger partial charge in [0, 0.05) is 6.04 Å². The lowest BCUT2D eigenvalue weighted by molar-refractivity contribution is 0.597. The van der Waals surface area contributed by atoms with Crippen LogP contribution in [0.2, 0.25) is 0 Å². The highest BCUT2D eigenvalue weighted by molar-refractivity contribution is 7.90. The average Bonchev–Trinajstić information content (AvgIpc) is 2.26. The Morgan fingerprint density at radius 2 is 2.21 bits per heavy atom. The predicted molar refractivity (Wildman–Crippen MR) is 72.3 cm³/mol. The van der Waals surface area contributed by atoms with Crippen LogP contribution in [0, 0.1) is 11.3 Å². The molecule has 100 valence electrons. The second-order valence-corrected chi connectivity index (χ2v) is 6.08. The van der Waals surface area contributed by atoms with Gasteiger partial charge in [0.15, 0.2) is 0 Å². The molecule has 0 radical (unpaired) electrons. The van der Waals surface area contributed by atoms with E-state index in [-0.39, 0.29) is 23.3 Å². The van der Waals surface area contributed by atoms with E-state index in [4.69, 9.17) is 5.26 Å². The monoisotopic (exact) mass is 278 g/mol. The summed E-state index contributed by atoms with van der Waals surface area (Å²) in [4.78, 5) is 0.128. The standard InChI is InChI=1S/C12H14N4O2S/c1-8(2)14-12-15-10-7-9(5-6-13)3-4-11(10)19(17,18)16-12/h3-4,7-8H,5H2,1-2H3,(H2,14,15,16). The topological polar surface area (TPSA) is 94.3 Å². The van der Waals surface area contributed by atoms with E-state index in [1.807, 2.05) is 19.9 Å². The van der Waals surface area contributed by atoms with E-state index in [9.17, 15) is 8.42 Å². The van der Waals surface area contributed by atoms with Gasteiger partial charge in [-0.25, -0.2) is 0 Å². The van der Waals surface area contributed by atoms with Gasteiger partial charge in [0.05, 0.1) is 18.2 Å². The molecule has 0 saturated heterocycles. The van der Waals surface area contributed by atoms with Crippen molar-refractivity contribution in [2.75, 3.05) is 5.32 Å². The first-order valence-electron chi connectivity index (χ1n) is 5.81. The van der Waals surface area contributed by atoms with E-state index in [1.165, 1.54) is 6.07 Å². The van der Waals surface area contributed by atoms with Gasteiger partial charge in [-0.2, -0.15) is 13.7 Å². The number of sulfonamides is 1. The van der Waals surface area contributed by atoms with Gasteiger partial charge < -0.3 is 10.6 Å². The van der Waals surface area contributed by atoms with Crippen molar-refractivity contribution in [2.24, 2.45) is 4.40 Å². The first-order chi connectivity index (χ1) is 8.92. The number of hydrogen-bond acceptors (Lipinski definition) is 5. The molecule has 0 aromatic heterocycles. The highest BCUT2D eigenvalue weighted by Gasteiger charge is 2.25. The largest absolute Gasteiger partial charge is 0.353 e. The van der Waals surface area contributed by atoms with Crippen molar-refractivity contribution < 1.29 is 8.42 Å². The Balaban J connectivity index is 2.43. The van der Waals surface area contributed by atoms with Gasteiger partial charge >= 0.3 is 0 Å². The maximum atomic E-state index is 12.0. The van der Waals surface area contributed by atoms with Crippen LogP contribution in [0.15, 0.2) is 27.5 Å². The lowest BCUT2D eigenvalue weighted by atomic mass is 10.1. The van der Waals surface area contributed by atoms with Gasteiger partial charge in [0.25, 0.3) is 10.0 Å². The number of guanidine groups is 1. The van der Waals surface area contributed by atoms with Gasteiger partial charge in [-0.3, -0.25) is 0 Å². The number of fused-ring (bicyclic) bond motifs is 1. The van der Waals surface area contributed by atoms with Crippen LogP contribution in [0.1, 0.15) is 19.4 Å². The summed E-state index contributed by atoms with van der Waals surface area (Å²) in [5.41, 5.74) is 1.21. The molecule has 2 N–H and O–H groups in total. The number of anilines is 1. The normalized spacial score (nSPS) is 16.0. The fourth-order valence-electron chi connectivity index (χ4n) is 1.76. The highest BCUT2D eigenvalue weighted by Crippen LogP contribution is 2.28. The molecule has 0 amide bonds. The van der Waals surface area contributed by atoms with Crippen LogP contribution in [0.25, 0.3) is 0 Å². The first-order valence-corrected chi connectivity index (χ1v) is 7.25. The van der Waals surface area contributed by atoms with E-state index in [0.29, 0.717) is 5.69 Å². The van der Waals surface area contributed by atoms with Crippen molar-refractivity contribution in [3.63, 3.8) is 0 Å². The lowest BCUT2D eigenvalue weighted by Gasteiger charge is -2.21. The Bertz CT molecular complexity index is 671. The van der Waals surface area contributed by atoms with E-state index in [0.717, 1.165) is 5.56 Å². The molecular weight excluding hydrogens is 264 g/mol. The minimum Gasteiger partial charge on any atom is -0.353 e. The molecule has 7 heteroatoms. The fraction of sp³-hybridized carbons (Fsp3) is 0.333. The Hall–Kier alpha value is -2.07. The summed E-state index contributed by atoms with van der Waals surface area (Å²) in [6.07, 6.45) is 0.235. The van der Waals surface area contributed by atoms with Crippen LogP contribution in [0.3, 0.4) is 0 Å². The summed E-state index contributed by atoms with van der Waals surface area (Å²) in [6, 6.07) is 6.85. The van der Waals surface area contributed by atoms with Crippen molar-refractivity contribution in [1.29, 1.82) is 5.26 Å². The Kier molecular flexibility index (Phi) is 3.44. The number of nitrogens with one attached hydrogen (secondary N) is 2. The molecule has 1 aliphatic rings. The van der Waals surface area contributed by atoms with Crippen molar-refractivity contribution in [2.45, 2.75) is 31.2 Å². The van der Waals surface area contributed by atoms with E-state index >= 15 is 0 Å². The van der Waals surface area contributed by atoms with Crippen molar-refractivity contribution >= 4 is 21.7 Å². The second kappa shape index (κ2) is 4.90. The van der Waals surface area contributed by atoms with Crippen molar-refractivity contribution in [3.05, 3.63) is 23.8 Å². The highest BCUT2D eigenvalue weighted by atomic mass is 32.2. The number of nitrogens with zero attached hydrogens (tertiary/aromatic N) is 2. The Morgan fingerprint density at radius 3 is 2.84 bits per heavy atom. The zero-order chi connectivity index (χ0) is 14.0. The van der Waals surface area contributed by atoms with Crippen LogP contribution in [0.5, 0.6) is 0 Å². The molecule has 0 saturated carbocycles. The number of hydrogen-bond donors (Lipinski definition) is 2. The molecule has 1 aliphatic heterocycles. The molecule has 0 unspecified atom stereocenters. The number of rotatable bonds is 2. The number of nitriles is 1. The molecule has 1 heterocycles. The summed E-state index contributed by atoms with van der Waals surface area (Å²) in [6.45, 7) is 3.77. The molecule has 0 aliphatic carbocycles. The quantitative estimate of drug-likeness (QED) is 0.848. The smallest absolute Gasteiger partial charge is 0.287 e. The van der Waals surface area contributed by atoms with E-state index in [1.54, 1.807) is 12.1 Å². The molecule has 0 bridgehead atoms. The van der Waals surface area contributed by atoms with Crippen LogP contribution in [-0.4, -0.2) is 20.4 Å². The van der Waals surface area contributed by atoms with Gasteiger partial charge in [0.1, 0.15) is 4.90 Å². The fourth-order valence-corrected chi connectivity index (χ4v) is 2.82. The Labute approximate surface area is 112 Å². The van der Waals surface area contributed by atoms with E-state index < -0.39 is 10.0 Å². The maximum Gasteiger partial charge on any atom is 0.287 e. The lowest BCUT2D eigenvalue weighted by Crippen LogP contribution is -2.38. The molecule has 1 aromatic rings. The zero-order valence-corrected chi connectivity index (χ0v) is 11.5. The van der Waals surface area contributed by atoms with Crippen LogP contribution in [0.4, 0.5) is 5.69 Å². The van der Waals surface area contributed by atoms with Crippen LogP contribution >= 0.6 is 0 Å². The second-order valence-electron chi connectivity index (χ2n) is 4.50. The SMILES string of the molecule is CC(C)NC1=NS(=O)(=O)c2ccc(CC#N)cc2N1. The summed E-state index contributed by atoms with van der Waals surface area (Å²) in [5.74, 6) is 0.205. The van der Waals surface area contributed by atoms with Crippen molar-refractivity contribution in [1.82, 2.24) is 5.32 Å². The van der Waals surface area contributed by atoms with Crippen molar-refractivity contribution in [3.8, 4) is 6.07 Å². The molecule has 0 atom stereocenters. The van der Waals surface area contributed by atoms with Gasteiger partial charge in [-0.05, 0) is 31.5 Å². The maximum absolute atomic E-state index is 12.0. The Morgan fingerprint density at radius 1 is 1.47 bits per heavy atom. The minimum atomic E-state index is -3.69. The van der Waals surface area contributed by atoms with Crippen LogP contribution in [-0.2, 0) is 16.4 Å². The third kappa shape index (κ3) is 2.85. The first kappa shape index (κ1) is 13.4. The molecule has 1 aromatic carbocycles. The molecule has 0 fully saturated rings. The number of benzene rings is 1.